The van der Waals surface area contributed by atoms with Gasteiger partial charge >= 0.3 is 0 Å². The van der Waals surface area contributed by atoms with Crippen LogP contribution in [0.2, 0.25) is 0 Å². The highest BCUT2D eigenvalue weighted by atomic mass is 32.2. The molecule has 2 N–H and O–H groups in total. The lowest BCUT2D eigenvalue weighted by molar-refractivity contribution is 0.0934. The molecule has 2 unspecified atom stereocenters. The molecule has 0 saturated heterocycles. The van der Waals surface area contributed by atoms with E-state index < -0.39 is 10.8 Å². The topological polar surface area (TPSA) is 84.0 Å². The second-order valence-electron chi connectivity index (χ2n) is 4.26. The molecule has 0 spiro atoms. The van der Waals surface area contributed by atoms with Crippen molar-refractivity contribution in [3.8, 4) is 0 Å². The number of hydrogen-bond acceptors (Lipinski definition) is 5. The maximum absolute atomic E-state index is 11.9. The lowest BCUT2D eigenvalue weighted by Gasteiger charge is -2.12. The third-order valence-corrected chi connectivity index (χ3v) is 3.27. The molecule has 1 aromatic rings. The van der Waals surface area contributed by atoms with Gasteiger partial charge in [0.25, 0.3) is 5.91 Å². The Balaban J connectivity index is 2.50. The maximum atomic E-state index is 11.9. The fourth-order valence-corrected chi connectivity index (χ4v) is 2.12. The second kappa shape index (κ2) is 7.83. The summed E-state index contributed by atoms with van der Waals surface area (Å²) in [6, 6.07) is -0.0355. The maximum Gasteiger partial charge on any atom is 0.271 e. The molecular formula is C12H20N4O2S. The molecule has 0 saturated carbocycles. The fraction of sp³-hybridized carbons (Fsp3) is 0.583. The largest absolute Gasteiger partial charge is 0.369 e. The molecule has 1 aromatic heterocycles. The van der Waals surface area contributed by atoms with Gasteiger partial charge in [0.2, 0.25) is 0 Å². The minimum Gasteiger partial charge on any atom is -0.369 e. The number of carbonyl (C=O) groups excluding carboxylic acids is 1. The Hall–Kier alpha value is -1.50. The summed E-state index contributed by atoms with van der Waals surface area (Å²) in [5.74, 6) is 0.963. The van der Waals surface area contributed by atoms with Gasteiger partial charge in [-0.15, -0.1) is 0 Å². The van der Waals surface area contributed by atoms with Gasteiger partial charge in [0.1, 0.15) is 11.5 Å². The normalized spacial score (nSPS) is 13.6. The zero-order valence-corrected chi connectivity index (χ0v) is 12.3. The Morgan fingerprint density at radius 2 is 2.16 bits per heavy atom. The molecule has 106 valence electrons. The summed E-state index contributed by atoms with van der Waals surface area (Å²) in [6.45, 7) is 4.60. The van der Waals surface area contributed by atoms with Crippen LogP contribution in [0.25, 0.3) is 0 Å². The fourth-order valence-electron chi connectivity index (χ4n) is 1.43. The van der Waals surface area contributed by atoms with Crippen LogP contribution in [0.3, 0.4) is 0 Å². The summed E-state index contributed by atoms with van der Waals surface area (Å²) >= 11 is 0. The van der Waals surface area contributed by atoms with Crippen LogP contribution < -0.4 is 10.6 Å². The van der Waals surface area contributed by atoms with Crippen molar-refractivity contribution < 1.29 is 9.00 Å². The molecule has 0 aliphatic carbocycles. The Morgan fingerprint density at radius 1 is 1.42 bits per heavy atom. The monoisotopic (exact) mass is 284 g/mol. The zero-order chi connectivity index (χ0) is 14.3. The van der Waals surface area contributed by atoms with Crippen LogP contribution >= 0.6 is 0 Å². The first kappa shape index (κ1) is 15.6. The van der Waals surface area contributed by atoms with E-state index in [1.54, 1.807) is 6.26 Å². The Kier molecular flexibility index (Phi) is 6.41. The van der Waals surface area contributed by atoms with Crippen molar-refractivity contribution in [2.24, 2.45) is 0 Å². The molecule has 7 heteroatoms. The highest BCUT2D eigenvalue weighted by Gasteiger charge is 2.11. The SMILES string of the molecule is CCNc1cnc(C(=O)NC(C)CCS(C)=O)cn1. The van der Waals surface area contributed by atoms with Gasteiger partial charge in [-0.05, 0) is 20.3 Å². The number of carbonyl (C=O) groups is 1. The molecule has 0 aliphatic rings. The first-order chi connectivity index (χ1) is 9.02. The van der Waals surface area contributed by atoms with Crippen molar-refractivity contribution in [1.82, 2.24) is 15.3 Å². The summed E-state index contributed by atoms with van der Waals surface area (Å²) in [6.07, 6.45) is 5.30. The van der Waals surface area contributed by atoms with E-state index >= 15 is 0 Å². The van der Waals surface area contributed by atoms with Crippen molar-refractivity contribution in [2.75, 3.05) is 23.9 Å². The number of aromatic nitrogens is 2. The summed E-state index contributed by atoms with van der Waals surface area (Å²) in [4.78, 5) is 20.0. The molecule has 1 heterocycles. The van der Waals surface area contributed by atoms with E-state index in [0.717, 1.165) is 6.54 Å². The summed E-state index contributed by atoms with van der Waals surface area (Å²) in [5.41, 5.74) is 0.283. The van der Waals surface area contributed by atoms with Crippen LogP contribution in [0.4, 0.5) is 5.82 Å². The van der Waals surface area contributed by atoms with Crippen LogP contribution in [-0.4, -0.2) is 44.7 Å². The van der Waals surface area contributed by atoms with Gasteiger partial charge in [0, 0.05) is 35.4 Å². The first-order valence-corrected chi connectivity index (χ1v) is 7.92. The smallest absolute Gasteiger partial charge is 0.271 e. The molecule has 1 amide bonds. The number of amides is 1. The number of nitrogens with one attached hydrogen (secondary N) is 2. The summed E-state index contributed by atoms with van der Waals surface area (Å²) < 4.78 is 11.0. The van der Waals surface area contributed by atoms with Gasteiger partial charge < -0.3 is 10.6 Å². The van der Waals surface area contributed by atoms with Gasteiger partial charge in [-0.3, -0.25) is 9.00 Å². The predicted octanol–water partition coefficient (Wildman–Crippen LogP) is 0.795. The average molecular weight is 284 g/mol. The van der Waals surface area contributed by atoms with E-state index in [1.807, 2.05) is 13.8 Å². The molecular weight excluding hydrogens is 264 g/mol. The number of anilines is 1. The van der Waals surface area contributed by atoms with Crippen LogP contribution in [0.5, 0.6) is 0 Å². The van der Waals surface area contributed by atoms with Crippen molar-refractivity contribution in [2.45, 2.75) is 26.3 Å². The average Bonchev–Trinajstić information content (AvgIpc) is 2.37. The Labute approximate surface area is 115 Å². The molecule has 19 heavy (non-hydrogen) atoms. The molecule has 0 radical (unpaired) electrons. The van der Waals surface area contributed by atoms with Crippen molar-refractivity contribution in [3.63, 3.8) is 0 Å². The predicted molar refractivity (Wildman–Crippen MR) is 76.7 cm³/mol. The highest BCUT2D eigenvalue weighted by Crippen LogP contribution is 2.01. The van der Waals surface area contributed by atoms with Crippen LogP contribution in [0.15, 0.2) is 12.4 Å². The van der Waals surface area contributed by atoms with E-state index in [2.05, 4.69) is 20.6 Å². The van der Waals surface area contributed by atoms with Gasteiger partial charge in [-0.2, -0.15) is 0 Å². The molecule has 0 bridgehead atoms. The van der Waals surface area contributed by atoms with Crippen molar-refractivity contribution >= 4 is 22.5 Å². The summed E-state index contributed by atoms with van der Waals surface area (Å²) in [5, 5.41) is 5.81. The standard InChI is InChI=1S/C12H20N4O2S/c1-4-13-11-8-14-10(7-15-11)12(17)16-9(2)5-6-19(3)18/h7-9H,4-6H2,1-3H3,(H,13,15)(H,16,17). The van der Waals surface area contributed by atoms with Crippen LogP contribution in [-0.2, 0) is 10.8 Å². The number of hydrogen-bond donors (Lipinski definition) is 2. The summed E-state index contributed by atoms with van der Waals surface area (Å²) in [7, 11) is -0.838. The third kappa shape index (κ3) is 5.78. The molecule has 0 fully saturated rings. The van der Waals surface area contributed by atoms with E-state index in [9.17, 15) is 9.00 Å². The minimum absolute atomic E-state index is 0.0355. The van der Waals surface area contributed by atoms with E-state index in [1.165, 1.54) is 12.4 Å². The third-order valence-electron chi connectivity index (χ3n) is 2.46. The lowest BCUT2D eigenvalue weighted by atomic mass is 10.2. The minimum atomic E-state index is -0.838. The molecule has 1 rings (SSSR count). The van der Waals surface area contributed by atoms with Gasteiger partial charge in [0.15, 0.2) is 0 Å². The van der Waals surface area contributed by atoms with Crippen molar-refractivity contribution in [3.05, 3.63) is 18.1 Å². The molecule has 6 nitrogen and oxygen atoms in total. The van der Waals surface area contributed by atoms with E-state index in [-0.39, 0.29) is 17.6 Å². The number of nitrogens with zero attached hydrogens (tertiary/aromatic N) is 2. The first-order valence-electron chi connectivity index (χ1n) is 6.19. The zero-order valence-electron chi connectivity index (χ0n) is 11.5. The molecule has 2 atom stereocenters. The second-order valence-corrected chi connectivity index (χ2v) is 5.81. The number of rotatable bonds is 7. The highest BCUT2D eigenvalue weighted by molar-refractivity contribution is 7.84. The molecule has 0 aromatic carbocycles. The van der Waals surface area contributed by atoms with Crippen LogP contribution in [0.1, 0.15) is 30.8 Å². The Bertz CT molecular complexity index is 436. The molecule has 0 aliphatic heterocycles. The van der Waals surface area contributed by atoms with E-state index in [4.69, 9.17) is 0 Å². The lowest BCUT2D eigenvalue weighted by Crippen LogP contribution is -2.34. The van der Waals surface area contributed by atoms with Gasteiger partial charge in [-0.25, -0.2) is 9.97 Å². The van der Waals surface area contributed by atoms with Gasteiger partial charge in [0.05, 0.1) is 12.4 Å². The van der Waals surface area contributed by atoms with Crippen LogP contribution in [0, 0.1) is 0 Å². The quantitative estimate of drug-likeness (QED) is 0.773. The Morgan fingerprint density at radius 3 is 2.68 bits per heavy atom. The van der Waals surface area contributed by atoms with Gasteiger partial charge in [-0.1, -0.05) is 0 Å². The van der Waals surface area contributed by atoms with Crippen molar-refractivity contribution in [1.29, 1.82) is 0 Å². The van der Waals surface area contributed by atoms with E-state index in [0.29, 0.717) is 18.0 Å².